The second-order valence-corrected chi connectivity index (χ2v) is 6.52. The summed E-state index contributed by atoms with van der Waals surface area (Å²) in [5.41, 5.74) is 0.638. The fraction of sp³-hybridized carbons (Fsp3) is 0.0455. The molecule has 4 rings (SSSR count). The number of hydrogen-bond acceptors (Lipinski definition) is 6. The summed E-state index contributed by atoms with van der Waals surface area (Å²) in [5.74, 6) is -0.142. The number of methoxy groups -OCH3 is 1. The first-order valence-electron chi connectivity index (χ1n) is 8.60. The Morgan fingerprint density at radius 1 is 1.03 bits per heavy atom. The number of carbonyl (C=O) groups excluding carboxylic acids is 1. The minimum absolute atomic E-state index is 0.134. The van der Waals surface area contributed by atoms with E-state index in [0.717, 1.165) is 0 Å². The summed E-state index contributed by atoms with van der Waals surface area (Å²) >= 11 is 6.03. The second kappa shape index (κ2) is 7.77. The number of halogens is 1. The van der Waals surface area contributed by atoms with E-state index in [2.05, 4.69) is 4.98 Å². The third-order valence-corrected chi connectivity index (χ3v) is 4.51. The van der Waals surface area contributed by atoms with Crippen molar-refractivity contribution in [3.05, 3.63) is 87.8 Å². The number of fused-ring (bicyclic) bond motifs is 1. The van der Waals surface area contributed by atoms with Crippen LogP contribution in [0.3, 0.4) is 0 Å². The fourth-order valence-corrected chi connectivity index (χ4v) is 2.99. The van der Waals surface area contributed by atoms with E-state index in [1.54, 1.807) is 43.5 Å². The van der Waals surface area contributed by atoms with Gasteiger partial charge in [0, 0.05) is 23.0 Å². The quantitative estimate of drug-likeness (QED) is 0.455. The van der Waals surface area contributed by atoms with Gasteiger partial charge in [-0.2, -0.15) is 0 Å². The third-order valence-electron chi connectivity index (χ3n) is 4.27. The molecule has 0 aliphatic heterocycles. The highest BCUT2D eigenvalue weighted by Crippen LogP contribution is 2.33. The Balaban J connectivity index is 1.90. The van der Waals surface area contributed by atoms with Crippen molar-refractivity contribution in [2.24, 2.45) is 0 Å². The third kappa shape index (κ3) is 3.70. The van der Waals surface area contributed by atoms with Crippen LogP contribution in [0.4, 0.5) is 0 Å². The van der Waals surface area contributed by atoms with Crippen LogP contribution in [0, 0.1) is 0 Å². The Kier molecular flexibility index (Phi) is 5.01. The molecule has 0 saturated heterocycles. The van der Waals surface area contributed by atoms with E-state index in [1.165, 1.54) is 30.6 Å². The number of nitrogens with zero attached hydrogens (tertiary/aromatic N) is 1. The number of ether oxygens (including phenoxy) is 2. The lowest BCUT2D eigenvalue weighted by atomic mass is 10.1. The minimum atomic E-state index is -0.698. The number of aromatic nitrogens is 1. The number of pyridine rings is 1. The summed E-state index contributed by atoms with van der Waals surface area (Å²) in [7, 11) is 1.55. The molecule has 0 bridgehead atoms. The summed E-state index contributed by atoms with van der Waals surface area (Å²) in [5, 5.41) is 0.584. The molecular formula is C22H14ClNO5. The largest absolute Gasteiger partial charge is 0.497 e. The zero-order valence-corrected chi connectivity index (χ0v) is 16.0. The monoisotopic (exact) mass is 407 g/mol. The van der Waals surface area contributed by atoms with Crippen molar-refractivity contribution in [1.82, 2.24) is 4.98 Å². The zero-order valence-electron chi connectivity index (χ0n) is 15.2. The molecule has 0 amide bonds. The number of esters is 1. The lowest BCUT2D eigenvalue weighted by Gasteiger charge is -2.11. The van der Waals surface area contributed by atoms with Gasteiger partial charge in [0.2, 0.25) is 11.2 Å². The van der Waals surface area contributed by atoms with E-state index >= 15 is 0 Å². The van der Waals surface area contributed by atoms with Crippen molar-refractivity contribution < 1.29 is 18.7 Å². The molecule has 0 fully saturated rings. The van der Waals surface area contributed by atoms with Gasteiger partial charge in [0.25, 0.3) is 0 Å². The molecule has 6 nitrogen and oxygen atoms in total. The number of rotatable bonds is 4. The van der Waals surface area contributed by atoms with Gasteiger partial charge in [-0.05, 0) is 54.6 Å². The van der Waals surface area contributed by atoms with Crippen LogP contribution in [0.25, 0.3) is 22.3 Å². The predicted octanol–water partition coefficient (Wildman–Crippen LogP) is 4.74. The van der Waals surface area contributed by atoms with Gasteiger partial charge in [-0.1, -0.05) is 11.6 Å². The van der Waals surface area contributed by atoms with Gasteiger partial charge in [0.1, 0.15) is 11.3 Å². The Hall–Kier alpha value is -3.64. The van der Waals surface area contributed by atoms with Crippen LogP contribution in [-0.4, -0.2) is 18.1 Å². The lowest BCUT2D eigenvalue weighted by molar-refractivity contribution is 0.0731. The van der Waals surface area contributed by atoms with Gasteiger partial charge >= 0.3 is 5.97 Å². The summed E-state index contributed by atoms with van der Waals surface area (Å²) in [6.07, 6.45) is 2.92. The van der Waals surface area contributed by atoms with Crippen molar-refractivity contribution in [1.29, 1.82) is 0 Å². The SMILES string of the molecule is COc1ccc(-c2oc3ccc(Cl)cc3c(=O)c2OC(=O)c2ccncc2)cc1. The summed E-state index contributed by atoms with van der Waals surface area (Å²) in [6.45, 7) is 0. The summed E-state index contributed by atoms with van der Waals surface area (Å²) < 4.78 is 16.6. The number of hydrogen-bond donors (Lipinski definition) is 0. The average molecular weight is 408 g/mol. The van der Waals surface area contributed by atoms with E-state index < -0.39 is 11.4 Å². The van der Waals surface area contributed by atoms with Crippen molar-refractivity contribution >= 4 is 28.5 Å². The van der Waals surface area contributed by atoms with Gasteiger partial charge in [-0.25, -0.2) is 4.79 Å². The fourth-order valence-electron chi connectivity index (χ4n) is 2.82. The molecular weight excluding hydrogens is 394 g/mol. The first-order chi connectivity index (χ1) is 14.1. The van der Waals surface area contributed by atoms with E-state index in [4.69, 9.17) is 25.5 Å². The standard InChI is InChI=1S/C22H14ClNO5/c1-27-16-5-2-13(3-6-16)20-21(29-22(26)14-8-10-24-11-9-14)19(25)17-12-15(23)4-7-18(17)28-20/h2-12H,1H3. The zero-order chi connectivity index (χ0) is 20.4. The Morgan fingerprint density at radius 2 is 1.76 bits per heavy atom. The van der Waals surface area contributed by atoms with Gasteiger partial charge in [-0.15, -0.1) is 0 Å². The Labute approximate surface area is 170 Å². The van der Waals surface area contributed by atoms with Crippen molar-refractivity contribution in [2.45, 2.75) is 0 Å². The molecule has 2 heterocycles. The predicted molar refractivity (Wildman–Crippen MR) is 109 cm³/mol. The lowest BCUT2D eigenvalue weighted by Crippen LogP contribution is -2.16. The molecule has 0 N–H and O–H groups in total. The topological polar surface area (TPSA) is 78.6 Å². The highest BCUT2D eigenvalue weighted by molar-refractivity contribution is 6.31. The normalized spacial score (nSPS) is 10.7. The van der Waals surface area contributed by atoms with Crippen LogP contribution in [-0.2, 0) is 0 Å². The Bertz CT molecular complexity index is 1250. The maximum absolute atomic E-state index is 13.1. The van der Waals surface area contributed by atoms with E-state index in [1.807, 2.05) is 0 Å². The van der Waals surface area contributed by atoms with Crippen molar-refractivity contribution in [3.63, 3.8) is 0 Å². The molecule has 0 radical (unpaired) electrons. The molecule has 0 aliphatic rings. The molecule has 0 atom stereocenters. The molecule has 144 valence electrons. The number of benzene rings is 2. The molecule has 7 heteroatoms. The van der Waals surface area contributed by atoms with Crippen LogP contribution in [0.15, 0.2) is 76.2 Å². The van der Waals surface area contributed by atoms with Gasteiger partial charge in [0.15, 0.2) is 5.76 Å². The molecule has 29 heavy (non-hydrogen) atoms. The van der Waals surface area contributed by atoms with Crippen LogP contribution >= 0.6 is 11.6 Å². The summed E-state index contributed by atoms with van der Waals surface area (Å²) in [4.78, 5) is 29.6. The van der Waals surface area contributed by atoms with Crippen LogP contribution in [0.1, 0.15) is 10.4 Å². The molecule has 0 spiro atoms. The van der Waals surface area contributed by atoms with Gasteiger partial charge < -0.3 is 13.9 Å². The summed E-state index contributed by atoms with van der Waals surface area (Å²) in [6, 6.07) is 14.5. The first-order valence-corrected chi connectivity index (χ1v) is 8.97. The smallest absolute Gasteiger partial charge is 0.343 e. The second-order valence-electron chi connectivity index (χ2n) is 6.08. The van der Waals surface area contributed by atoms with Crippen LogP contribution in [0.2, 0.25) is 5.02 Å². The molecule has 0 saturated carbocycles. The highest BCUT2D eigenvalue weighted by Gasteiger charge is 2.21. The maximum atomic E-state index is 13.1. The molecule has 0 unspecified atom stereocenters. The number of carbonyl (C=O) groups is 1. The van der Waals surface area contributed by atoms with Crippen molar-refractivity contribution in [2.75, 3.05) is 7.11 Å². The minimum Gasteiger partial charge on any atom is -0.497 e. The van der Waals surface area contributed by atoms with E-state index in [-0.39, 0.29) is 22.5 Å². The van der Waals surface area contributed by atoms with E-state index in [9.17, 15) is 9.59 Å². The first kappa shape index (κ1) is 18.7. The molecule has 4 aromatic rings. The van der Waals surface area contributed by atoms with Crippen LogP contribution < -0.4 is 14.9 Å². The average Bonchev–Trinajstić information content (AvgIpc) is 2.76. The molecule has 2 aromatic heterocycles. The molecule has 0 aliphatic carbocycles. The van der Waals surface area contributed by atoms with E-state index in [0.29, 0.717) is 21.9 Å². The maximum Gasteiger partial charge on any atom is 0.343 e. The highest BCUT2D eigenvalue weighted by atomic mass is 35.5. The molecule has 2 aromatic carbocycles. The van der Waals surface area contributed by atoms with Crippen molar-refractivity contribution in [3.8, 4) is 22.8 Å². The van der Waals surface area contributed by atoms with Crippen LogP contribution in [0.5, 0.6) is 11.5 Å². The van der Waals surface area contributed by atoms with Gasteiger partial charge in [-0.3, -0.25) is 9.78 Å². The van der Waals surface area contributed by atoms with Gasteiger partial charge in [0.05, 0.1) is 18.1 Å². The Morgan fingerprint density at radius 3 is 2.45 bits per heavy atom.